The minimum Gasteiger partial charge on any atom is -0.344 e. The molecule has 140 valence electrons. The Kier molecular flexibility index (Phi) is 4.17. The molecule has 0 radical (unpaired) electrons. The number of sulfonamides is 1. The van der Waals surface area contributed by atoms with E-state index in [0.29, 0.717) is 0 Å². The van der Waals surface area contributed by atoms with Crippen LogP contribution in [0, 0.1) is 0 Å². The number of nitrogens with zero attached hydrogens (tertiary/aromatic N) is 1. The average molecular weight is 377 g/mol. The van der Waals surface area contributed by atoms with Crippen molar-refractivity contribution < 1.29 is 18.0 Å². The van der Waals surface area contributed by atoms with Gasteiger partial charge in [0, 0.05) is 25.7 Å². The summed E-state index contributed by atoms with van der Waals surface area (Å²) < 4.78 is 27.0. The van der Waals surface area contributed by atoms with E-state index in [2.05, 4.69) is 16.1 Å². The third-order valence-corrected chi connectivity index (χ3v) is 7.35. The van der Waals surface area contributed by atoms with Crippen LogP contribution in [0.15, 0.2) is 6.07 Å². The second-order valence-corrected chi connectivity index (χ2v) is 9.40. The lowest BCUT2D eigenvalue weighted by Gasteiger charge is -2.17. The molecule has 26 heavy (non-hydrogen) atoms. The third-order valence-electron chi connectivity index (χ3n) is 5.69. The van der Waals surface area contributed by atoms with E-state index in [1.54, 1.807) is 7.05 Å². The van der Waals surface area contributed by atoms with Crippen molar-refractivity contribution in [1.29, 1.82) is 0 Å². The van der Waals surface area contributed by atoms with E-state index >= 15 is 0 Å². The van der Waals surface area contributed by atoms with Crippen LogP contribution in [0.1, 0.15) is 41.5 Å². The lowest BCUT2D eigenvalue weighted by Crippen LogP contribution is -2.41. The van der Waals surface area contributed by atoms with Crippen molar-refractivity contribution in [2.45, 2.75) is 50.2 Å². The van der Waals surface area contributed by atoms with E-state index in [4.69, 9.17) is 0 Å². The Bertz CT molecular complexity index is 862. The molecule has 1 saturated heterocycles. The number of fused-ring (bicyclic) bond motifs is 2. The summed E-state index contributed by atoms with van der Waals surface area (Å²) in [6.45, 7) is 0.109. The van der Waals surface area contributed by atoms with Crippen LogP contribution in [0.3, 0.4) is 0 Å². The smallest absolute Gasteiger partial charge is 0.332 e. The predicted molar refractivity (Wildman–Crippen MR) is 97.6 cm³/mol. The molecule has 1 aliphatic heterocycles. The molecule has 1 unspecified atom stereocenters. The number of likely N-dealkylation sites (tertiary alicyclic amines) is 1. The third kappa shape index (κ3) is 2.96. The van der Waals surface area contributed by atoms with Crippen molar-refractivity contribution in [3.8, 4) is 0 Å². The van der Waals surface area contributed by atoms with Gasteiger partial charge in [0.25, 0.3) is 0 Å². The number of hydrogen-bond donors (Lipinski definition) is 2. The summed E-state index contributed by atoms with van der Waals surface area (Å²) in [5, 5.41) is 1.93. The summed E-state index contributed by atoms with van der Waals surface area (Å²) in [6, 6.07) is 1.52. The maximum atomic E-state index is 12.4. The number of hydrogen-bond acceptors (Lipinski definition) is 4. The van der Waals surface area contributed by atoms with Crippen LogP contribution in [-0.4, -0.2) is 44.1 Å². The molecule has 0 aromatic heterocycles. The summed E-state index contributed by atoms with van der Waals surface area (Å²) in [4.78, 5) is 25.4. The summed E-state index contributed by atoms with van der Waals surface area (Å²) in [5.74, 6) is -0.223. The maximum absolute atomic E-state index is 12.4. The first-order chi connectivity index (χ1) is 12.3. The molecule has 0 spiro atoms. The highest BCUT2D eigenvalue weighted by molar-refractivity contribution is 7.90. The Labute approximate surface area is 153 Å². The second-order valence-electron chi connectivity index (χ2n) is 7.44. The average Bonchev–Trinajstić information content (AvgIpc) is 3.27. The fourth-order valence-corrected chi connectivity index (χ4v) is 5.61. The first-order valence-corrected chi connectivity index (χ1v) is 10.6. The Morgan fingerprint density at radius 1 is 1.12 bits per heavy atom. The normalized spacial score (nSPS) is 21.7. The van der Waals surface area contributed by atoms with Gasteiger partial charge in [0.15, 0.2) is 0 Å². The van der Waals surface area contributed by atoms with E-state index in [1.807, 2.05) is 0 Å². The number of nitrogens with one attached hydrogen (secondary N) is 2. The Hall–Kier alpha value is -2.09. The lowest BCUT2D eigenvalue weighted by atomic mass is 9.99. The SMILES string of the molecule is CN1CC(S(=O)(=O)NC(=O)Nc2c3c(cc4c2CCC4)CCC3)CC1=O. The van der Waals surface area contributed by atoms with Gasteiger partial charge in [-0.2, -0.15) is 0 Å². The van der Waals surface area contributed by atoms with E-state index in [9.17, 15) is 18.0 Å². The van der Waals surface area contributed by atoms with Gasteiger partial charge in [-0.3, -0.25) is 4.79 Å². The van der Waals surface area contributed by atoms with Gasteiger partial charge in [-0.1, -0.05) is 6.07 Å². The number of carbonyl (C=O) groups excluding carboxylic acids is 2. The van der Waals surface area contributed by atoms with Gasteiger partial charge in [0.2, 0.25) is 15.9 Å². The Morgan fingerprint density at radius 2 is 1.73 bits per heavy atom. The number of amides is 3. The summed E-state index contributed by atoms with van der Waals surface area (Å²) in [6.07, 6.45) is 5.86. The second kappa shape index (κ2) is 6.26. The number of rotatable bonds is 3. The molecule has 8 heteroatoms. The van der Waals surface area contributed by atoms with Crippen molar-refractivity contribution in [2.75, 3.05) is 18.9 Å². The molecule has 2 N–H and O–H groups in total. The molecule has 1 fully saturated rings. The van der Waals surface area contributed by atoms with Crippen LogP contribution >= 0.6 is 0 Å². The van der Waals surface area contributed by atoms with Crippen LogP contribution in [0.4, 0.5) is 10.5 Å². The van der Waals surface area contributed by atoms with Gasteiger partial charge in [-0.15, -0.1) is 0 Å². The summed E-state index contributed by atoms with van der Waals surface area (Å²) in [5.41, 5.74) is 5.64. The number of carbonyl (C=O) groups is 2. The molecule has 3 aliphatic rings. The molecular formula is C18H23N3O4S. The number of aryl methyl sites for hydroxylation is 2. The zero-order chi connectivity index (χ0) is 18.5. The van der Waals surface area contributed by atoms with Crippen molar-refractivity contribution >= 4 is 27.6 Å². The lowest BCUT2D eigenvalue weighted by molar-refractivity contribution is -0.126. The molecule has 7 nitrogen and oxygen atoms in total. The van der Waals surface area contributed by atoms with Crippen LogP contribution in [0.5, 0.6) is 0 Å². The first kappa shape index (κ1) is 17.3. The molecule has 4 rings (SSSR count). The highest BCUT2D eigenvalue weighted by Crippen LogP contribution is 2.38. The van der Waals surface area contributed by atoms with Gasteiger partial charge >= 0.3 is 6.03 Å². The number of benzene rings is 1. The van der Waals surface area contributed by atoms with Crippen LogP contribution in [-0.2, 0) is 40.5 Å². The minimum absolute atomic E-state index is 0.0880. The van der Waals surface area contributed by atoms with Crippen LogP contribution in [0.25, 0.3) is 0 Å². The minimum atomic E-state index is -3.90. The molecule has 1 aromatic carbocycles. The van der Waals surface area contributed by atoms with E-state index in [0.717, 1.165) is 55.3 Å². The molecule has 2 aliphatic carbocycles. The van der Waals surface area contributed by atoms with Gasteiger partial charge in [-0.25, -0.2) is 17.9 Å². The standard InChI is InChI=1S/C18H23N3O4S/c1-21-10-13(9-16(21)22)26(24,25)20-18(23)19-17-14-6-2-4-11(14)8-12-5-3-7-15(12)17/h8,13H,2-7,9-10H2,1H3,(H2,19,20,23). The van der Waals surface area contributed by atoms with Gasteiger partial charge in [-0.05, 0) is 60.8 Å². The zero-order valence-electron chi connectivity index (χ0n) is 14.8. The fourth-order valence-electron chi connectivity index (χ4n) is 4.35. The molecule has 0 saturated carbocycles. The summed E-state index contributed by atoms with van der Waals surface area (Å²) >= 11 is 0. The number of urea groups is 1. The molecule has 1 atom stereocenters. The van der Waals surface area contributed by atoms with Gasteiger partial charge < -0.3 is 10.2 Å². The molecule has 1 aromatic rings. The Balaban J connectivity index is 1.54. The van der Waals surface area contributed by atoms with Crippen LogP contribution in [0.2, 0.25) is 0 Å². The quantitative estimate of drug-likeness (QED) is 0.831. The van der Waals surface area contributed by atoms with Crippen molar-refractivity contribution in [3.63, 3.8) is 0 Å². The highest BCUT2D eigenvalue weighted by Gasteiger charge is 2.37. The van der Waals surface area contributed by atoms with Gasteiger partial charge in [0.1, 0.15) is 5.25 Å². The summed E-state index contributed by atoms with van der Waals surface area (Å²) in [7, 11) is -2.33. The number of anilines is 1. The van der Waals surface area contributed by atoms with Crippen molar-refractivity contribution in [3.05, 3.63) is 28.3 Å². The Morgan fingerprint density at radius 3 is 2.27 bits per heavy atom. The highest BCUT2D eigenvalue weighted by atomic mass is 32.2. The molecular weight excluding hydrogens is 354 g/mol. The fraction of sp³-hybridized carbons (Fsp3) is 0.556. The zero-order valence-corrected chi connectivity index (χ0v) is 15.6. The van der Waals surface area contributed by atoms with Crippen molar-refractivity contribution in [2.24, 2.45) is 0 Å². The molecule has 0 bridgehead atoms. The topological polar surface area (TPSA) is 95.6 Å². The van der Waals surface area contributed by atoms with Gasteiger partial charge in [0.05, 0.1) is 0 Å². The van der Waals surface area contributed by atoms with E-state index < -0.39 is 21.3 Å². The monoisotopic (exact) mass is 377 g/mol. The molecule has 3 amide bonds. The largest absolute Gasteiger partial charge is 0.344 e. The van der Waals surface area contributed by atoms with E-state index in [-0.39, 0.29) is 18.9 Å². The first-order valence-electron chi connectivity index (χ1n) is 9.08. The van der Waals surface area contributed by atoms with Crippen molar-refractivity contribution in [1.82, 2.24) is 9.62 Å². The van der Waals surface area contributed by atoms with Crippen LogP contribution < -0.4 is 10.0 Å². The maximum Gasteiger partial charge on any atom is 0.332 e. The molecule has 1 heterocycles. The predicted octanol–water partition coefficient (Wildman–Crippen LogP) is 1.35. The van der Waals surface area contributed by atoms with E-state index in [1.165, 1.54) is 16.0 Å².